The van der Waals surface area contributed by atoms with Gasteiger partial charge in [0.05, 0.1) is 18.2 Å². The Kier molecular flexibility index (Phi) is 5.42. The molecule has 0 aliphatic heterocycles. The van der Waals surface area contributed by atoms with Gasteiger partial charge in [0.2, 0.25) is 0 Å². The third kappa shape index (κ3) is 3.93. The van der Waals surface area contributed by atoms with Gasteiger partial charge in [-0.15, -0.1) is 11.3 Å². The maximum Gasteiger partial charge on any atom is 0.341 e. The van der Waals surface area contributed by atoms with E-state index in [-0.39, 0.29) is 17.4 Å². The molecule has 1 amide bonds. The summed E-state index contributed by atoms with van der Waals surface area (Å²) < 4.78 is 6.83. The van der Waals surface area contributed by atoms with Crippen molar-refractivity contribution < 1.29 is 14.3 Å². The van der Waals surface area contributed by atoms with Crippen LogP contribution in [-0.2, 0) is 23.1 Å². The minimum Gasteiger partial charge on any atom is -0.465 e. The van der Waals surface area contributed by atoms with E-state index in [4.69, 9.17) is 4.74 Å². The Labute approximate surface area is 163 Å². The highest BCUT2D eigenvalue weighted by Gasteiger charge is 2.27. The zero-order valence-corrected chi connectivity index (χ0v) is 17.5. The number of methoxy groups -OCH3 is 1. The molecule has 1 N–H and O–H groups in total. The molecule has 2 heterocycles. The molecule has 2 aromatic rings. The van der Waals surface area contributed by atoms with Crippen molar-refractivity contribution in [2.45, 2.75) is 65.3 Å². The molecule has 0 atom stereocenters. The van der Waals surface area contributed by atoms with Crippen LogP contribution in [-0.4, -0.2) is 28.8 Å². The van der Waals surface area contributed by atoms with Gasteiger partial charge < -0.3 is 10.1 Å². The Bertz CT molecular complexity index is 874. The molecule has 7 heteroatoms. The Balaban J connectivity index is 1.93. The number of nitrogens with one attached hydrogen (secondary N) is 1. The van der Waals surface area contributed by atoms with Gasteiger partial charge in [-0.2, -0.15) is 5.10 Å². The largest absolute Gasteiger partial charge is 0.465 e. The quantitative estimate of drug-likeness (QED) is 0.627. The number of aryl methyl sites for hydroxylation is 2. The average molecular weight is 390 g/mol. The van der Waals surface area contributed by atoms with Gasteiger partial charge in [-0.25, -0.2) is 4.79 Å². The van der Waals surface area contributed by atoms with E-state index in [0.29, 0.717) is 16.3 Å². The van der Waals surface area contributed by atoms with Gasteiger partial charge in [0.25, 0.3) is 5.91 Å². The van der Waals surface area contributed by atoms with Crippen LogP contribution in [0, 0.1) is 6.92 Å². The first kappa shape index (κ1) is 19.6. The monoisotopic (exact) mass is 389 g/mol. The molecule has 6 nitrogen and oxygen atoms in total. The van der Waals surface area contributed by atoms with E-state index in [0.717, 1.165) is 43.4 Å². The lowest BCUT2D eigenvalue weighted by Crippen LogP contribution is -2.25. The molecule has 0 fully saturated rings. The highest BCUT2D eigenvalue weighted by Crippen LogP contribution is 2.38. The van der Waals surface area contributed by atoms with Crippen LogP contribution < -0.4 is 5.32 Å². The minimum atomic E-state index is -0.388. The topological polar surface area (TPSA) is 73.2 Å². The summed E-state index contributed by atoms with van der Waals surface area (Å²) in [4.78, 5) is 26.4. The number of carbonyl (C=O) groups is 2. The van der Waals surface area contributed by atoms with E-state index < -0.39 is 0 Å². The Hall–Kier alpha value is -2.15. The summed E-state index contributed by atoms with van der Waals surface area (Å²) in [5.41, 5.74) is 2.61. The number of hydrogen-bond donors (Lipinski definition) is 1. The molecular formula is C20H27N3O3S. The summed E-state index contributed by atoms with van der Waals surface area (Å²) in [7, 11) is 1.38. The number of anilines is 1. The number of ether oxygens (including phenoxy) is 1. The SMILES string of the molecule is COC(=O)c1c(NC(=O)c2cc(C)n(C(C)(C)C)n2)sc2c1CCCCC2. The number of hydrogen-bond acceptors (Lipinski definition) is 5. The summed E-state index contributed by atoms with van der Waals surface area (Å²) in [5.74, 6) is -0.691. The number of rotatable bonds is 3. The highest BCUT2D eigenvalue weighted by atomic mass is 32.1. The molecule has 1 aliphatic rings. The van der Waals surface area contributed by atoms with Crippen molar-refractivity contribution >= 4 is 28.2 Å². The van der Waals surface area contributed by atoms with Gasteiger partial charge in [0.15, 0.2) is 5.69 Å². The average Bonchev–Trinajstić information content (AvgIpc) is 3.07. The number of aromatic nitrogens is 2. The summed E-state index contributed by atoms with van der Waals surface area (Å²) in [6.45, 7) is 8.06. The molecule has 27 heavy (non-hydrogen) atoms. The highest BCUT2D eigenvalue weighted by molar-refractivity contribution is 7.17. The van der Waals surface area contributed by atoms with Crippen molar-refractivity contribution in [2.75, 3.05) is 12.4 Å². The number of amides is 1. The smallest absolute Gasteiger partial charge is 0.341 e. The van der Waals surface area contributed by atoms with E-state index in [1.54, 1.807) is 6.07 Å². The van der Waals surface area contributed by atoms with E-state index in [1.807, 2.05) is 32.4 Å². The van der Waals surface area contributed by atoms with Crippen LogP contribution in [0.1, 0.15) is 77.0 Å². The molecule has 3 rings (SSSR count). The van der Waals surface area contributed by atoms with Crippen molar-refractivity contribution in [3.63, 3.8) is 0 Å². The van der Waals surface area contributed by atoms with Gasteiger partial charge in [-0.3, -0.25) is 9.48 Å². The predicted molar refractivity (Wildman–Crippen MR) is 107 cm³/mol. The van der Waals surface area contributed by atoms with Crippen molar-refractivity contribution in [3.05, 3.63) is 33.5 Å². The third-order valence-corrected chi connectivity index (χ3v) is 6.00. The molecular weight excluding hydrogens is 362 g/mol. The summed E-state index contributed by atoms with van der Waals surface area (Å²) in [6, 6.07) is 1.77. The fourth-order valence-corrected chi connectivity index (χ4v) is 4.85. The normalized spacial score (nSPS) is 14.4. The Morgan fingerprint density at radius 1 is 1.22 bits per heavy atom. The first-order chi connectivity index (χ1) is 12.7. The van der Waals surface area contributed by atoms with Gasteiger partial charge in [-0.05, 0) is 65.0 Å². The van der Waals surface area contributed by atoms with Crippen molar-refractivity contribution in [1.29, 1.82) is 0 Å². The first-order valence-corrected chi connectivity index (χ1v) is 10.2. The van der Waals surface area contributed by atoms with Crippen LogP contribution in [0.3, 0.4) is 0 Å². The third-order valence-electron chi connectivity index (χ3n) is 4.79. The molecule has 0 saturated heterocycles. The van der Waals surface area contributed by atoms with Gasteiger partial charge >= 0.3 is 5.97 Å². The molecule has 0 spiro atoms. The molecule has 0 aromatic carbocycles. The second-order valence-electron chi connectivity index (χ2n) is 7.97. The molecule has 2 aromatic heterocycles. The van der Waals surface area contributed by atoms with Crippen LogP contribution in [0.25, 0.3) is 0 Å². The first-order valence-electron chi connectivity index (χ1n) is 9.33. The molecule has 0 saturated carbocycles. The maximum atomic E-state index is 12.8. The number of carbonyl (C=O) groups excluding carboxylic acids is 2. The number of thiophene rings is 1. The zero-order chi connectivity index (χ0) is 19.8. The lowest BCUT2D eigenvalue weighted by Gasteiger charge is -2.21. The van der Waals surface area contributed by atoms with Gasteiger partial charge in [0, 0.05) is 10.6 Å². The lowest BCUT2D eigenvalue weighted by atomic mass is 10.1. The fraction of sp³-hybridized carbons (Fsp3) is 0.550. The molecule has 0 bridgehead atoms. The Morgan fingerprint density at radius 3 is 2.56 bits per heavy atom. The van der Waals surface area contributed by atoms with Crippen LogP contribution in [0.4, 0.5) is 5.00 Å². The van der Waals surface area contributed by atoms with Crippen LogP contribution >= 0.6 is 11.3 Å². The summed E-state index contributed by atoms with van der Waals surface area (Å²) >= 11 is 1.49. The standard InChI is InChI=1S/C20H27N3O3S/c1-12-11-14(22-23(12)20(2,3)4)17(24)21-18-16(19(25)26-5)13-9-7-6-8-10-15(13)27-18/h11H,6-10H2,1-5H3,(H,21,24). The molecule has 1 aliphatic carbocycles. The van der Waals surface area contributed by atoms with Crippen molar-refractivity contribution in [1.82, 2.24) is 9.78 Å². The Morgan fingerprint density at radius 2 is 1.93 bits per heavy atom. The maximum absolute atomic E-state index is 12.8. The van der Waals surface area contributed by atoms with Crippen molar-refractivity contribution in [2.24, 2.45) is 0 Å². The minimum absolute atomic E-state index is 0.208. The lowest BCUT2D eigenvalue weighted by molar-refractivity contribution is 0.0601. The van der Waals surface area contributed by atoms with Gasteiger partial charge in [-0.1, -0.05) is 6.42 Å². The van der Waals surface area contributed by atoms with Crippen LogP contribution in [0.2, 0.25) is 0 Å². The molecule has 0 unspecified atom stereocenters. The van der Waals surface area contributed by atoms with Crippen LogP contribution in [0.5, 0.6) is 0 Å². The van der Waals surface area contributed by atoms with Crippen LogP contribution in [0.15, 0.2) is 6.07 Å². The van der Waals surface area contributed by atoms with Gasteiger partial charge in [0.1, 0.15) is 5.00 Å². The van der Waals surface area contributed by atoms with Crippen molar-refractivity contribution in [3.8, 4) is 0 Å². The fourth-order valence-electron chi connectivity index (χ4n) is 3.58. The summed E-state index contributed by atoms with van der Waals surface area (Å²) in [6.07, 6.45) is 5.11. The second kappa shape index (κ2) is 7.46. The second-order valence-corrected chi connectivity index (χ2v) is 9.07. The van der Waals surface area contributed by atoms with E-state index >= 15 is 0 Å². The van der Waals surface area contributed by atoms with E-state index in [1.165, 1.54) is 23.3 Å². The number of nitrogens with zero attached hydrogens (tertiary/aromatic N) is 2. The summed E-state index contributed by atoms with van der Waals surface area (Å²) in [5, 5.41) is 7.95. The number of esters is 1. The zero-order valence-electron chi connectivity index (χ0n) is 16.6. The predicted octanol–water partition coefficient (Wildman–Crippen LogP) is 4.32. The van der Waals surface area contributed by atoms with E-state index in [2.05, 4.69) is 10.4 Å². The van der Waals surface area contributed by atoms with E-state index in [9.17, 15) is 9.59 Å². The number of fused-ring (bicyclic) bond motifs is 1. The molecule has 146 valence electrons. The molecule has 0 radical (unpaired) electrons.